The first-order chi connectivity index (χ1) is 17.4. The Morgan fingerprint density at radius 2 is 1.70 bits per heavy atom. The third kappa shape index (κ3) is 7.84. The number of amides is 2. The number of hydrogen-bond donors (Lipinski definition) is 3. The van der Waals surface area contributed by atoms with Crippen molar-refractivity contribution in [3.8, 4) is 0 Å². The largest absolute Gasteiger partial charge is 0.368 e. The van der Waals surface area contributed by atoms with E-state index >= 15 is 0 Å². The Labute approximate surface area is 230 Å². The van der Waals surface area contributed by atoms with Crippen LogP contribution in [-0.2, 0) is 16.0 Å². The minimum absolute atomic E-state index is 0.0424. The van der Waals surface area contributed by atoms with Crippen LogP contribution in [0.3, 0.4) is 0 Å². The van der Waals surface area contributed by atoms with Crippen LogP contribution in [0.5, 0.6) is 0 Å². The highest BCUT2D eigenvalue weighted by atomic mass is 35.5. The number of rotatable bonds is 9. The molecule has 2 amide bonds. The van der Waals surface area contributed by atoms with E-state index in [1.54, 1.807) is 36.9 Å². The van der Waals surface area contributed by atoms with Crippen molar-refractivity contribution in [1.29, 1.82) is 0 Å². The van der Waals surface area contributed by atoms with Gasteiger partial charge in [0, 0.05) is 54.4 Å². The Bertz CT molecular complexity index is 1090. The number of anilines is 1. The fourth-order valence-corrected chi connectivity index (χ4v) is 5.05. The van der Waals surface area contributed by atoms with E-state index < -0.39 is 17.5 Å². The van der Waals surface area contributed by atoms with E-state index in [2.05, 4.69) is 36.2 Å². The van der Waals surface area contributed by atoms with Gasteiger partial charge in [-0.25, -0.2) is 0 Å². The molecule has 0 radical (unpaired) electrons. The van der Waals surface area contributed by atoms with Crippen molar-refractivity contribution in [3.05, 3.63) is 63.6 Å². The smallest absolute Gasteiger partial charge is 0.245 e. The SMILES string of the molecule is CC(C)CC(N)c1ccccc1N1CCN(C(=O)[C@@H](Cc2ccc(Cl)cc2Cl)NC(=O)C(C)(C)N)CC1. The second-order valence-electron chi connectivity index (χ2n) is 10.8. The van der Waals surface area contributed by atoms with Crippen LogP contribution >= 0.6 is 23.2 Å². The topological polar surface area (TPSA) is 105 Å². The number of hydrogen-bond acceptors (Lipinski definition) is 5. The maximum absolute atomic E-state index is 13.6. The van der Waals surface area contributed by atoms with Gasteiger partial charge in [-0.2, -0.15) is 0 Å². The molecule has 1 aliphatic rings. The molecule has 2 aromatic carbocycles. The molecule has 0 aromatic heterocycles. The standard InChI is InChI=1S/C28H39Cl2N5O2/c1-18(2)15-23(31)21-7-5-6-8-25(21)34-11-13-35(14-12-34)26(36)24(33-27(37)28(3,4)32)16-19-9-10-20(29)17-22(19)30/h5-10,17-18,23-24H,11-16,31-32H2,1-4H3,(H,33,37)/t23?,24-/m1/s1. The molecule has 1 heterocycles. The van der Waals surface area contributed by atoms with Crippen LogP contribution in [0.1, 0.15) is 51.3 Å². The molecule has 9 heteroatoms. The molecular formula is C28H39Cl2N5O2. The van der Waals surface area contributed by atoms with Crippen molar-refractivity contribution in [1.82, 2.24) is 10.2 Å². The molecular weight excluding hydrogens is 509 g/mol. The third-order valence-electron chi connectivity index (χ3n) is 6.62. The van der Waals surface area contributed by atoms with Crippen molar-refractivity contribution < 1.29 is 9.59 Å². The maximum Gasteiger partial charge on any atom is 0.245 e. The fourth-order valence-electron chi connectivity index (χ4n) is 4.56. The number of nitrogens with zero attached hydrogens (tertiary/aromatic N) is 2. The van der Waals surface area contributed by atoms with Crippen LogP contribution in [0.4, 0.5) is 5.69 Å². The van der Waals surface area contributed by atoms with Crippen molar-refractivity contribution in [2.75, 3.05) is 31.1 Å². The van der Waals surface area contributed by atoms with E-state index in [9.17, 15) is 9.59 Å². The number of halogens is 2. The van der Waals surface area contributed by atoms with E-state index in [-0.39, 0.29) is 18.4 Å². The number of nitrogens with one attached hydrogen (secondary N) is 1. The second-order valence-corrected chi connectivity index (χ2v) is 11.6. The van der Waals surface area contributed by atoms with Crippen molar-refractivity contribution in [2.45, 2.75) is 58.2 Å². The normalized spacial score (nSPS) is 16.0. The molecule has 1 unspecified atom stereocenters. The van der Waals surface area contributed by atoms with Gasteiger partial charge >= 0.3 is 0 Å². The molecule has 0 aliphatic carbocycles. The van der Waals surface area contributed by atoms with Crippen molar-refractivity contribution in [3.63, 3.8) is 0 Å². The lowest BCUT2D eigenvalue weighted by atomic mass is 9.96. The lowest BCUT2D eigenvalue weighted by Gasteiger charge is -2.39. The quantitative estimate of drug-likeness (QED) is 0.437. The molecule has 202 valence electrons. The highest BCUT2D eigenvalue weighted by Crippen LogP contribution is 2.30. The molecule has 0 saturated carbocycles. The Hall–Kier alpha value is -2.32. The molecule has 0 spiro atoms. The van der Waals surface area contributed by atoms with Crippen LogP contribution in [0.25, 0.3) is 0 Å². The fraction of sp³-hybridized carbons (Fsp3) is 0.500. The van der Waals surface area contributed by atoms with E-state index in [0.717, 1.165) is 23.2 Å². The van der Waals surface area contributed by atoms with E-state index in [1.807, 2.05) is 12.1 Å². The first kappa shape index (κ1) is 29.2. The van der Waals surface area contributed by atoms with E-state index in [4.69, 9.17) is 34.7 Å². The summed E-state index contributed by atoms with van der Waals surface area (Å²) in [6, 6.07) is 12.5. The maximum atomic E-state index is 13.6. The molecule has 1 saturated heterocycles. The first-order valence-corrected chi connectivity index (χ1v) is 13.5. The zero-order valence-electron chi connectivity index (χ0n) is 22.1. The summed E-state index contributed by atoms with van der Waals surface area (Å²) in [4.78, 5) is 30.5. The average molecular weight is 549 g/mol. The summed E-state index contributed by atoms with van der Waals surface area (Å²) in [5.41, 5.74) is 14.4. The van der Waals surface area contributed by atoms with Crippen LogP contribution in [0.15, 0.2) is 42.5 Å². The zero-order valence-corrected chi connectivity index (χ0v) is 23.6. The van der Waals surface area contributed by atoms with Crippen LogP contribution in [0, 0.1) is 5.92 Å². The van der Waals surface area contributed by atoms with Crippen LogP contribution < -0.4 is 21.7 Å². The number of carbonyl (C=O) groups excluding carboxylic acids is 2. The van der Waals surface area contributed by atoms with Gasteiger partial charge in [0.1, 0.15) is 6.04 Å². The molecule has 0 bridgehead atoms. The van der Waals surface area contributed by atoms with Crippen LogP contribution in [-0.4, -0.2) is 54.5 Å². The van der Waals surface area contributed by atoms with Crippen LogP contribution in [0.2, 0.25) is 10.0 Å². The number of piperazine rings is 1. The molecule has 1 fully saturated rings. The van der Waals surface area contributed by atoms with Gasteiger partial charge in [-0.05, 0) is 55.5 Å². The van der Waals surface area contributed by atoms with Gasteiger partial charge < -0.3 is 26.6 Å². The number of carbonyl (C=O) groups is 2. The van der Waals surface area contributed by atoms with Gasteiger partial charge in [0.05, 0.1) is 5.54 Å². The Balaban J connectivity index is 1.75. The number of para-hydroxylation sites is 1. The van der Waals surface area contributed by atoms with Gasteiger partial charge in [0.2, 0.25) is 11.8 Å². The highest BCUT2D eigenvalue weighted by Gasteiger charge is 2.33. The molecule has 37 heavy (non-hydrogen) atoms. The average Bonchev–Trinajstić information content (AvgIpc) is 2.83. The van der Waals surface area contributed by atoms with Gasteiger partial charge in [-0.15, -0.1) is 0 Å². The van der Waals surface area contributed by atoms with Gasteiger partial charge in [-0.1, -0.05) is 61.3 Å². The molecule has 2 aromatic rings. The third-order valence-corrected chi connectivity index (χ3v) is 7.21. The van der Waals surface area contributed by atoms with Gasteiger partial charge in [-0.3, -0.25) is 9.59 Å². The van der Waals surface area contributed by atoms with Crippen molar-refractivity contribution >= 4 is 40.7 Å². The summed E-state index contributed by atoms with van der Waals surface area (Å²) in [6.45, 7) is 9.96. The summed E-state index contributed by atoms with van der Waals surface area (Å²) in [7, 11) is 0. The van der Waals surface area contributed by atoms with Gasteiger partial charge in [0.15, 0.2) is 0 Å². The van der Waals surface area contributed by atoms with E-state index in [0.29, 0.717) is 42.1 Å². The lowest BCUT2D eigenvalue weighted by molar-refractivity contribution is -0.137. The summed E-state index contributed by atoms with van der Waals surface area (Å²) < 4.78 is 0. The Morgan fingerprint density at radius 1 is 1.05 bits per heavy atom. The second kappa shape index (κ2) is 12.5. The summed E-state index contributed by atoms with van der Waals surface area (Å²) in [5.74, 6) is -0.0620. The van der Waals surface area contributed by atoms with Crippen molar-refractivity contribution in [2.24, 2.45) is 17.4 Å². The summed E-state index contributed by atoms with van der Waals surface area (Å²) in [6.07, 6.45) is 1.14. The predicted molar refractivity (Wildman–Crippen MR) is 152 cm³/mol. The monoisotopic (exact) mass is 547 g/mol. The van der Waals surface area contributed by atoms with Gasteiger partial charge in [0.25, 0.3) is 0 Å². The molecule has 1 aliphatic heterocycles. The van der Waals surface area contributed by atoms with E-state index in [1.165, 1.54) is 0 Å². The number of benzene rings is 2. The summed E-state index contributed by atoms with van der Waals surface area (Å²) in [5, 5.41) is 3.81. The molecule has 2 atom stereocenters. The Kier molecular flexibility index (Phi) is 9.86. The molecule has 5 N–H and O–H groups in total. The summed E-state index contributed by atoms with van der Waals surface area (Å²) >= 11 is 12.4. The minimum Gasteiger partial charge on any atom is -0.368 e. The molecule has 7 nitrogen and oxygen atoms in total. The molecule has 3 rings (SSSR count). The minimum atomic E-state index is -1.13. The Morgan fingerprint density at radius 3 is 2.30 bits per heavy atom. The first-order valence-electron chi connectivity index (χ1n) is 12.8. The predicted octanol–water partition coefficient (Wildman–Crippen LogP) is 4.15. The zero-order chi connectivity index (χ0) is 27.3. The highest BCUT2D eigenvalue weighted by molar-refractivity contribution is 6.35. The number of nitrogens with two attached hydrogens (primary N) is 2. The lowest BCUT2D eigenvalue weighted by Crippen LogP contribution is -2.59.